The molecule has 0 saturated carbocycles. The van der Waals surface area contributed by atoms with Gasteiger partial charge in [0.2, 0.25) is 5.91 Å². The number of alkyl carbamates (subject to hydrolysis) is 1. The minimum atomic E-state index is -1.71. The normalized spacial score (nSPS) is 22.6. The highest BCUT2D eigenvalue weighted by molar-refractivity contribution is 7.86. The fraction of sp³-hybridized carbons (Fsp3) is 0.412. The summed E-state index contributed by atoms with van der Waals surface area (Å²) in [4.78, 5) is 54.9. The molecule has 0 bridgehead atoms. The third-order valence-corrected chi connectivity index (χ3v) is 9.29. The zero-order valence-electron chi connectivity index (χ0n) is 26.1. The van der Waals surface area contributed by atoms with E-state index in [1.165, 1.54) is 4.90 Å². The third-order valence-electron chi connectivity index (χ3n) is 7.70. The molecule has 2 N–H and O–H groups in total. The molecule has 10 nitrogen and oxygen atoms in total. The Balaban J connectivity index is 1.60. The van der Waals surface area contributed by atoms with Gasteiger partial charge in [-0.25, -0.2) is 9.59 Å². The Morgan fingerprint density at radius 1 is 1.02 bits per heavy atom. The molecular weight excluding hydrogens is 594 g/mol. The summed E-state index contributed by atoms with van der Waals surface area (Å²) in [7, 11) is -1.71. The number of hydrogen-bond acceptors (Lipinski definition) is 7. The number of ether oxygens (including phenoxy) is 2. The maximum atomic E-state index is 14.4. The predicted molar refractivity (Wildman–Crippen MR) is 169 cm³/mol. The van der Waals surface area contributed by atoms with Gasteiger partial charge in [-0.15, -0.1) is 0 Å². The summed E-state index contributed by atoms with van der Waals surface area (Å²) in [6.45, 7) is 9.52. The Hall–Kier alpha value is -4.25. The van der Waals surface area contributed by atoms with Gasteiger partial charge in [-0.05, 0) is 61.8 Å². The molecule has 0 spiro atoms. The molecule has 0 aliphatic carbocycles. The molecule has 2 aromatic rings. The molecule has 45 heavy (non-hydrogen) atoms. The van der Waals surface area contributed by atoms with Crippen molar-refractivity contribution in [1.82, 2.24) is 15.5 Å². The number of esters is 1. The number of benzene rings is 2. The molecule has 0 unspecified atom stereocenters. The smallest absolute Gasteiger partial charge is 0.408 e. The van der Waals surface area contributed by atoms with E-state index in [1.54, 1.807) is 20.8 Å². The first-order valence-electron chi connectivity index (χ1n) is 15.1. The number of nitrogens with one attached hydrogen (secondary N) is 2. The van der Waals surface area contributed by atoms with Crippen molar-refractivity contribution in [3.8, 4) is 0 Å². The molecule has 11 heteroatoms. The van der Waals surface area contributed by atoms with E-state index in [2.05, 4.69) is 10.6 Å². The van der Waals surface area contributed by atoms with Crippen molar-refractivity contribution in [2.75, 3.05) is 12.3 Å². The summed E-state index contributed by atoms with van der Waals surface area (Å²) in [5, 5.41) is 4.37. The van der Waals surface area contributed by atoms with Crippen molar-refractivity contribution in [2.24, 2.45) is 5.92 Å². The van der Waals surface area contributed by atoms with Gasteiger partial charge in [0.05, 0.1) is 16.6 Å². The second-order valence-electron chi connectivity index (χ2n) is 12.7. The van der Waals surface area contributed by atoms with Crippen LogP contribution in [0, 0.1) is 5.92 Å². The van der Waals surface area contributed by atoms with Crippen LogP contribution in [0.1, 0.15) is 64.7 Å². The summed E-state index contributed by atoms with van der Waals surface area (Å²) >= 11 is 0. The molecule has 2 fully saturated rings. The molecule has 5 rings (SSSR count). The molecule has 238 valence electrons. The van der Waals surface area contributed by atoms with E-state index in [1.807, 2.05) is 74.5 Å². The van der Waals surface area contributed by atoms with E-state index in [-0.39, 0.29) is 23.3 Å². The van der Waals surface area contributed by atoms with E-state index >= 15 is 0 Å². The van der Waals surface area contributed by atoms with Gasteiger partial charge in [0.15, 0.2) is 6.10 Å². The lowest BCUT2D eigenvalue weighted by Crippen LogP contribution is -2.73. The summed E-state index contributed by atoms with van der Waals surface area (Å²) < 4.78 is 25.4. The number of carbonyl (C=O) groups excluding carboxylic acids is 4. The maximum absolute atomic E-state index is 14.4. The maximum Gasteiger partial charge on any atom is 0.408 e. The summed E-state index contributed by atoms with van der Waals surface area (Å²) in [6, 6.07) is 17.4. The highest BCUT2D eigenvalue weighted by Gasteiger charge is 2.58. The zero-order chi connectivity index (χ0) is 32.5. The average Bonchev–Trinajstić information content (AvgIpc) is 3.42. The van der Waals surface area contributed by atoms with Crippen LogP contribution in [0.3, 0.4) is 0 Å². The highest BCUT2D eigenvalue weighted by Crippen LogP contribution is 2.41. The molecule has 3 amide bonds. The van der Waals surface area contributed by atoms with Crippen molar-refractivity contribution in [2.45, 2.75) is 70.6 Å². The Labute approximate surface area is 265 Å². The van der Waals surface area contributed by atoms with Crippen LogP contribution in [-0.4, -0.2) is 62.3 Å². The van der Waals surface area contributed by atoms with Crippen LogP contribution in [0.4, 0.5) is 4.79 Å². The third kappa shape index (κ3) is 6.88. The van der Waals surface area contributed by atoms with Crippen LogP contribution < -0.4 is 10.6 Å². The quantitative estimate of drug-likeness (QED) is 0.252. The van der Waals surface area contributed by atoms with Crippen LogP contribution >= 0.6 is 0 Å². The van der Waals surface area contributed by atoms with E-state index < -0.39 is 51.9 Å². The molecular formula is C34H39N3O7S. The van der Waals surface area contributed by atoms with Crippen LogP contribution in [0.25, 0.3) is 0 Å². The first-order valence-corrected chi connectivity index (χ1v) is 16.5. The predicted octanol–water partition coefficient (Wildman–Crippen LogP) is 4.26. The lowest BCUT2D eigenvalue weighted by atomic mass is 9.89. The van der Waals surface area contributed by atoms with E-state index in [9.17, 15) is 23.4 Å². The number of hydrogen-bond donors (Lipinski definition) is 2. The lowest BCUT2D eigenvalue weighted by molar-refractivity contribution is -0.154. The van der Waals surface area contributed by atoms with Gasteiger partial charge in [0.25, 0.3) is 5.91 Å². The summed E-state index contributed by atoms with van der Waals surface area (Å²) in [5.41, 5.74) is 2.07. The molecule has 2 saturated heterocycles. The minimum Gasteiger partial charge on any atom is -0.448 e. The highest BCUT2D eigenvalue weighted by atomic mass is 32.2. The van der Waals surface area contributed by atoms with Crippen molar-refractivity contribution in [3.63, 3.8) is 0 Å². The first-order chi connectivity index (χ1) is 21.4. The number of allylic oxidation sites excluding steroid dienone is 1. The Bertz CT molecular complexity index is 1540. The SMILES string of the molecule is CC(C)CC(=C1CCNC1=O)C1=C(C(=O)OC(c2ccccc2)c2ccccc2)N2C(=O)[C@@H](NC(=O)OC(C)(C)C)[C@H]2[S@@](=O)C1. The van der Waals surface area contributed by atoms with Crippen LogP contribution in [-0.2, 0) is 34.7 Å². The monoisotopic (exact) mass is 633 g/mol. The average molecular weight is 634 g/mol. The second kappa shape index (κ2) is 13.0. The van der Waals surface area contributed by atoms with Gasteiger partial charge in [-0.1, -0.05) is 74.5 Å². The van der Waals surface area contributed by atoms with Gasteiger partial charge < -0.3 is 20.1 Å². The van der Waals surface area contributed by atoms with Gasteiger partial charge in [0, 0.05) is 12.1 Å². The molecule has 3 atom stereocenters. The van der Waals surface area contributed by atoms with E-state index in [0.717, 1.165) is 11.1 Å². The number of rotatable bonds is 8. The molecule has 3 heterocycles. The number of amides is 3. The van der Waals surface area contributed by atoms with Gasteiger partial charge in [-0.2, -0.15) is 0 Å². The Kier molecular flexibility index (Phi) is 9.29. The van der Waals surface area contributed by atoms with E-state index in [4.69, 9.17) is 9.47 Å². The van der Waals surface area contributed by atoms with Crippen molar-refractivity contribution >= 4 is 34.7 Å². The number of β-lactam (4-membered cyclic amide) rings is 1. The standard InChI is InChI=1S/C34H39N3O7S/c1-20(2)18-24(23-16-17-35-29(23)38)25-19-45(42)31-26(36-33(41)44-34(3,4)5)30(39)37(31)27(25)32(40)43-28(21-12-8-6-9-13-21)22-14-10-7-11-15-22/h6-15,20,26,28,31H,16-19H2,1-5H3,(H,35,38)(H,36,41)/t26-,31-,45+/m1/s1. The van der Waals surface area contributed by atoms with Crippen molar-refractivity contribution < 1.29 is 32.9 Å². The fourth-order valence-corrected chi connectivity index (χ4v) is 7.52. The van der Waals surface area contributed by atoms with Crippen LogP contribution in [0.5, 0.6) is 0 Å². The Morgan fingerprint density at radius 2 is 1.62 bits per heavy atom. The first kappa shape index (κ1) is 32.2. The van der Waals surface area contributed by atoms with Crippen LogP contribution in [0.15, 0.2) is 83.1 Å². The molecule has 3 aliphatic rings. The second-order valence-corrected chi connectivity index (χ2v) is 14.3. The zero-order valence-corrected chi connectivity index (χ0v) is 26.9. The fourth-order valence-electron chi connectivity index (χ4n) is 5.82. The molecule has 0 radical (unpaired) electrons. The summed E-state index contributed by atoms with van der Waals surface area (Å²) in [5.74, 6) is -1.64. The lowest BCUT2D eigenvalue weighted by Gasteiger charge is -2.49. The van der Waals surface area contributed by atoms with Crippen molar-refractivity contribution in [1.29, 1.82) is 0 Å². The van der Waals surface area contributed by atoms with Gasteiger partial charge >= 0.3 is 12.1 Å². The topological polar surface area (TPSA) is 131 Å². The van der Waals surface area contributed by atoms with Gasteiger partial charge in [0.1, 0.15) is 22.7 Å². The number of carbonyl (C=O) groups is 4. The van der Waals surface area contributed by atoms with Gasteiger partial charge in [-0.3, -0.25) is 18.7 Å². The molecule has 2 aromatic carbocycles. The number of nitrogens with zero attached hydrogens (tertiary/aromatic N) is 1. The summed E-state index contributed by atoms with van der Waals surface area (Å²) in [6.07, 6.45) is -0.757. The number of fused-ring (bicyclic) bond motifs is 1. The van der Waals surface area contributed by atoms with Crippen molar-refractivity contribution in [3.05, 3.63) is 94.2 Å². The largest absolute Gasteiger partial charge is 0.448 e. The Morgan fingerprint density at radius 3 is 2.13 bits per heavy atom. The van der Waals surface area contributed by atoms with Crippen LogP contribution in [0.2, 0.25) is 0 Å². The van der Waals surface area contributed by atoms with E-state index in [0.29, 0.717) is 36.1 Å². The molecule has 0 aromatic heterocycles. The minimum absolute atomic E-state index is 0.0495. The molecule has 3 aliphatic heterocycles.